The topological polar surface area (TPSA) is 50.7 Å². The number of methoxy groups -OCH3 is 1. The second-order valence-corrected chi connectivity index (χ2v) is 3.90. The van der Waals surface area contributed by atoms with E-state index >= 15 is 0 Å². The zero-order valence-corrected chi connectivity index (χ0v) is 10.2. The van der Waals surface area contributed by atoms with Crippen LogP contribution in [0.25, 0.3) is 0 Å². The van der Waals surface area contributed by atoms with Gasteiger partial charge in [0.2, 0.25) is 0 Å². The number of nitrogens with one attached hydrogen (secondary N) is 1. The number of hydrogen-bond acceptors (Lipinski definition) is 4. The first-order valence-corrected chi connectivity index (χ1v) is 5.65. The number of aliphatic hydroxyl groups excluding tert-OH is 1. The Balaban J connectivity index is 3.09. The van der Waals surface area contributed by atoms with Gasteiger partial charge in [-0.05, 0) is 26.7 Å². The second kappa shape index (κ2) is 10.4. The third-order valence-electron chi connectivity index (χ3n) is 2.07. The summed E-state index contributed by atoms with van der Waals surface area (Å²) in [5.74, 6) is 0. The third kappa shape index (κ3) is 11.8. The van der Waals surface area contributed by atoms with Gasteiger partial charge < -0.3 is 19.9 Å². The van der Waals surface area contributed by atoms with Gasteiger partial charge >= 0.3 is 0 Å². The molecule has 0 amide bonds. The monoisotopic (exact) mass is 219 g/mol. The highest BCUT2D eigenvalue weighted by Gasteiger charge is 2.04. The zero-order valence-electron chi connectivity index (χ0n) is 10.2. The quantitative estimate of drug-likeness (QED) is 0.533. The van der Waals surface area contributed by atoms with Crippen LogP contribution < -0.4 is 5.32 Å². The van der Waals surface area contributed by atoms with Crippen molar-refractivity contribution in [2.24, 2.45) is 0 Å². The Morgan fingerprint density at radius 2 is 1.93 bits per heavy atom. The molecule has 0 heterocycles. The molecule has 0 aromatic rings. The fraction of sp³-hybridized carbons (Fsp3) is 1.00. The van der Waals surface area contributed by atoms with Crippen molar-refractivity contribution in [2.45, 2.75) is 38.8 Å². The van der Waals surface area contributed by atoms with Crippen molar-refractivity contribution < 1.29 is 14.6 Å². The summed E-state index contributed by atoms with van der Waals surface area (Å²) in [7, 11) is 1.69. The van der Waals surface area contributed by atoms with Crippen molar-refractivity contribution in [3.63, 3.8) is 0 Å². The predicted molar refractivity (Wildman–Crippen MR) is 61.1 cm³/mol. The zero-order chi connectivity index (χ0) is 11.5. The lowest BCUT2D eigenvalue weighted by Crippen LogP contribution is -2.32. The lowest BCUT2D eigenvalue weighted by atomic mass is 10.1. The first-order valence-electron chi connectivity index (χ1n) is 5.65. The number of hydrogen-bond donors (Lipinski definition) is 2. The van der Waals surface area contributed by atoms with Crippen molar-refractivity contribution >= 4 is 0 Å². The van der Waals surface area contributed by atoms with E-state index < -0.39 is 0 Å². The van der Waals surface area contributed by atoms with Gasteiger partial charge in [-0.25, -0.2) is 0 Å². The van der Waals surface area contributed by atoms with Crippen LogP contribution in [0.15, 0.2) is 0 Å². The van der Waals surface area contributed by atoms with E-state index in [2.05, 4.69) is 12.2 Å². The van der Waals surface area contributed by atoms with E-state index in [4.69, 9.17) is 14.6 Å². The molecule has 92 valence electrons. The van der Waals surface area contributed by atoms with Crippen LogP contribution in [-0.2, 0) is 9.47 Å². The minimum Gasteiger partial charge on any atom is -0.393 e. The summed E-state index contributed by atoms with van der Waals surface area (Å²) in [6.45, 7) is 6.93. The molecule has 0 bridgehead atoms. The molecule has 0 aromatic carbocycles. The van der Waals surface area contributed by atoms with Gasteiger partial charge in [0, 0.05) is 32.9 Å². The van der Waals surface area contributed by atoms with Crippen molar-refractivity contribution in [2.75, 3.05) is 33.5 Å². The van der Waals surface area contributed by atoms with Gasteiger partial charge in [0.05, 0.1) is 12.7 Å². The maximum Gasteiger partial charge on any atom is 0.0591 e. The van der Waals surface area contributed by atoms with Crippen LogP contribution in [0.1, 0.15) is 26.7 Å². The molecule has 0 aliphatic rings. The van der Waals surface area contributed by atoms with Crippen molar-refractivity contribution in [3.8, 4) is 0 Å². The molecule has 4 heteroatoms. The number of ether oxygens (including phenoxy) is 2. The van der Waals surface area contributed by atoms with Crippen LogP contribution in [0.2, 0.25) is 0 Å². The molecule has 0 aliphatic carbocycles. The minimum atomic E-state index is -0.241. The van der Waals surface area contributed by atoms with E-state index in [1.165, 1.54) is 0 Å². The number of rotatable bonds is 10. The minimum absolute atomic E-state index is 0.241. The lowest BCUT2D eigenvalue weighted by molar-refractivity contribution is 0.101. The maximum atomic E-state index is 9.14. The molecule has 2 N–H and O–H groups in total. The Morgan fingerprint density at radius 3 is 2.53 bits per heavy atom. The molecule has 0 saturated carbocycles. The van der Waals surface area contributed by atoms with Crippen LogP contribution in [0.5, 0.6) is 0 Å². The lowest BCUT2D eigenvalue weighted by Gasteiger charge is -2.15. The average Bonchev–Trinajstić information content (AvgIpc) is 2.15. The highest BCUT2D eigenvalue weighted by molar-refractivity contribution is 4.63. The van der Waals surface area contributed by atoms with E-state index in [1.807, 2.05) is 0 Å². The van der Waals surface area contributed by atoms with Gasteiger partial charge in [0.25, 0.3) is 0 Å². The summed E-state index contributed by atoms with van der Waals surface area (Å²) >= 11 is 0. The van der Waals surface area contributed by atoms with Crippen LogP contribution in [0.3, 0.4) is 0 Å². The average molecular weight is 219 g/mol. The molecule has 0 aromatic heterocycles. The predicted octanol–water partition coefficient (Wildman–Crippen LogP) is 0.788. The van der Waals surface area contributed by atoms with Gasteiger partial charge in [-0.2, -0.15) is 0 Å². The summed E-state index contributed by atoms with van der Waals surface area (Å²) in [6, 6.07) is 0.340. The van der Waals surface area contributed by atoms with E-state index in [0.717, 1.165) is 32.6 Å². The Bertz CT molecular complexity index is 131. The summed E-state index contributed by atoms with van der Waals surface area (Å²) in [4.78, 5) is 0. The van der Waals surface area contributed by atoms with Crippen LogP contribution >= 0.6 is 0 Å². The van der Waals surface area contributed by atoms with Crippen LogP contribution in [0.4, 0.5) is 0 Å². The molecule has 0 fully saturated rings. The van der Waals surface area contributed by atoms with E-state index in [1.54, 1.807) is 14.0 Å². The normalized spacial score (nSPS) is 15.2. The highest BCUT2D eigenvalue weighted by atomic mass is 16.5. The van der Waals surface area contributed by atoms with Gasteiger partial charge in [0.15, 0.2) is 0 Å². The molecule has 0 saturated heterocycles. The smallest absolute Gasteiger partial charge is 0.0591 e. The largest absolute Gasteiger partial charge is 0.393 e. The first kappa shape index (κ1) is 14.8. The SMILES string of the molecule is COCCCOCCNC(C)CC(C)O. The summed E-state index contributed by atoms with van der Waals surface area (Å²) in [5, 5.41) is 12.4. The summed E-state index contributed by atoms with van der Waals surface area (Å²) in [5.41, 5.74) is 0. The van der Waals surface area contributed by atoms with E-state index in [-0.39, 0.29) is 6.10 Å². The first-order chi connectivity index (χ1) is 7.16. The number of aliphatic hydroxyl groups is 1. The van der Waals surface area contributed by atoms with Crippen molar-refractivity contribution in [1.29, 1.82) is 0 Å². The Hall–Kier alpha value is -0.160. The van der Waals surface area contributed by atoms with Gasteiger partial charge in [-0.1, -0.05) is 0 Å². The molecule has 0 radical (unpaired) electrons. The second-order valence-electron chi connectivity index (χ2n) is 3.90. The Labute approximate surface area is 93.0 Å². The molecule has 15 heavy (non-hydrogen) atoms. The Kier molecular flexibility index (Phi) is 10.3. The van der Waals surface area contributed by atoms with Gasteiger partial charge in [-0.15, -0.1) is 0 Å². The third-order valence-corrected chi connectivity index (χ3v) is 2.07. The van der Waals surface area contributed by atoms with Crippen molar-refractivity contribution in [3.05, 3.63) is 0 Å². The fourth-order valence-electron chi connectivity index (χ4n) is 1.38. The molecule has 0 spiro atoms. The molecular formula is C11H25NO3. The van der Waals surface area contributed by atoms with Gasteiger partial charge in [-0.3, -0.25) is 0 Å². The summed E-state index contributed by atoms with van der Waals surface area (Å²) < 4.78 is 10.3. The molecule has 0 aliphatic heterocycles. The van der Waals surface area contributed by atoms with Crippen LogP contribution in [-0.4, -0.2) is 50.7 Å². The molecular weight excluding hydrogens is 194 g/mol. The summed E-state index contributed by atoms with van der Waals surface area (Å²) in [6.07, 6.45) is 1.48. The molecule has 2 atom stereocenters. The standard InChI is InChI=1S/C11H25NO3/c1-10(9-11(2)13)12-5-8-15-7-4-6-14-3/h10-13H,4-9H2,1-3H3. The molecule has 4 nitrogen and oxygen atoms in total. The Morgan fingerprint density at radius 1 is 1.20 bits per heavy atom. The molecule has 2 unspecified atom stereocenters. The van der Waals surface area contributed by atoms with E-state index in [9.17, 15) is 0 Å². The fourth-order valence-corrected chi connectivity index (χ4v) is 1.38. The van der Waals surface area contributed by atoms with E-state index in [0.29, 0.717) is 12.6 Å². The van der Waals surface area contributed by atoms with Gasteiger partial charge in [0.1, 0.15) is 0 Å². The van der Waals surface area contributed by atoms with Crippen LogP contribution in [0, 0.1) is 0 Å². The maximum absolute atomic E-state index is 9.14. The highest BCUT2D eigenvalue weighted by Crippen LogP contribution is 1.95. The molecule has 0 rings (SSSR count). The van der Waals surface area contributed by atoms with Crippen molar-refractivity contribution in [1.82, 2.24) is 5.32 Å².